The normalized spacial score (nSPS) is 8.00. The Balaban J connectivity index is 2.97. The Morgan fingerprint density at radius 2 is 2.11 bits per heavy atom. The lowest BCUT2D eigenvalue weighted by Crippen LogP contribution is -1.76. The lowest BCUT2D eigenvalue weighted by atomic mass is 10.3. The fourth-order valence-corrected chi connectivity index (χ4v) is 0.503. The maximum Gasteiger partial charge on any atom is 0.115 e. The van der Waals surface area contributed by atoms with Gasteiger partial charge in [-0.15, -0.1) is 5.73 Å². The zero-order chi connectivity index (χ0) is 6.53. The van der Waals surface area contributed by atoms with Crippen molar-refractivity contribution in [3.05, 3.63) is 36.6 Å². The molecular formula is C7H6N2. The van der Waals surface area contributed by atoms with Crippen LogP contribution in [0.15, 0.2) is 31.0 Å². The minimum Gasteiger partial charge on any atom is -0.244 e. The Hall–Kier alpha value is -1.40. The minimum absolute atomic E-state index is 0.924. The molecule has 0 aliphatic carbocycles. The molecule has 0 N–H and O–H groups in total. The van der Waals surface area contributed by atoms with Gasteiger partial charge in [-0.2, -0.15) is 0 Å². The van der Waals surface area contributed by atoms with Crippen molar-refractivity contribution in [3.63, 3.8) is 0 Å². The molecule has 0 radical (unpaired) electrons. The van der Waals surface area contributed by atoms with Gasteiger partial charge >= 0.3 is 0 Å². The molecule has 44 valence electrons. The average molecular weight is 118 g/mol. The van der Waals surface area contributed by atoms with E-state index in [9.17, 15) is 0 Å². The fraction of sp³-hybridized carbons (Fsp3) is 0. The van der Waals surface area contributed by atoms with E-state index in [1.807, 2.05) is 0 Å². The molecule has 0 spiro atoms. The van der Waals surface area contributed by atoms with E-state index in [0.717, 1.165) is 5.56 Å². The van der Waals surface area contributed by atoms with Gasteiger partial charge in [0.25, 0.3) is 0 Å². The van der Waals surface area contributed by atoms with Crippen LogP contribution in [0.5, 0.6) is 0 Å². The monoisotopic (exact) mass is 118 g/mol. The number of hydrogen-bond donors (Lipinski definition) is 0. The van der Waals surface area contributed by atoms with Crippen molar-refractivity contribution >= 4 is 6.08 Å². The SMILES string of the molecule is C=C=Cc1cncnc1. The van der Waals surface area contributed by atoms with Crippen molar-refractivity contribution in [1.82, 2.24) is 9.97 Å². The highest BCUT2D eigenvalue weighted by Gasteiger charge is 1.79. The standard InChI is InChI=1S/C7H6N2/c1-2-3-7-4-8-6-9-5-7/h3-6H,1H2. The van der Waals surface area contributed by atoms with E-state index in [1.54, 1.807) is 18.5 Å². The lowest BCUT2D eigenvalue weighted by molar-refractivity contribution is 1.16. The van der Waals surface area contributed by atoms with Crippen LogP contribution in [0.2, 0.25) is 0 Å². The van der Waals surface area contributed by atoms with Gasteiger partial charge in [0, 0.05) is 18.0 Å². The summed E-state index contributed by atoms with van der Waals surface area (Å²) in [6.45, 7) is 3.42. The third kappa shape index (κ3) is 1.52. The molecular weight excluding hydrogens is 112 g/mol. The van der Waals surface area contributed by atoms with Gasteiger partial charge in [-0.05, 0) is 6.08 Å². The van der Waals surface area contributed by atoms with Crippen molar-refractivity contribution in [3.8, 4) is 0 Å². The summed E-state index contributed by atoms with van der Waals surface area (Å²) >= 11 is 0. The highest BCUT2D eigenvalue weighted by molar-refractivity contribution is 5.44. The van der Waals surface area contributed by atoms with E-state index in [4.69, 9.17) is 0 Å². The molecule has 0 fully saturated rings. The summed E-state index contributed by atoms with van der Waals surface area (Å²) in [5.41, 5.74) is 3.55. The number of hydrogen-bond acceptors (Lipinski definition) is 2. The van der Waals surface area contributed by atoms with Crippen molar-refractivity contribution in [2.24, 2.45) is 0 Å². The van der Waals surface area contributed by atoms with Gasteiger partial charge < -0.3 is 0 Å². The van der Waals surface area contributed by atoms with Crippen LogP contribution in [0.25, 0.3) is 6.08 Å². The van der Waals surface area contributed by atoms with E-state index >= 15 is 0 Å². The third-order valence-corrected chi connectivity index (χ3v) is 0.849. The van der Waals surface area contributed by atoms with E-state index < -0.39 is 0 Å². The molecule has 9 heavy (non-hydrogen) atoms. The van der Waals surface area contributed by atoms with Crippen LogP contribution in [0, 0.1) is 0 Å². The highest BCUT2D eigenvalue weighted by atomic mass is 14.8. The van der Waals surface area contributed by atoms with Crippen molar-refractivity contribution in [1.29, 1.82) is 0 Å². The van der Waals surface area contributed by atoms with Crippen LogP contribution in [0.3, 0.4) is 0 Å². The zero-order valence-corrected chi connectivity index (χ0v) is 4.91. The Bertz CT molecular complexity index is 222. The number of aromatic nitrogens is 2. The molecule has 0 unspecified atom stereocenters. The van der Waals surface area contributed by atoms with E-state index in [1.165, 1.54) is 6.33 Å². The number of nitrogens with zero attached hydrogens (tertiary/aromatic N) is 2. The van der Waals surface area contributed by atoms with Gasteiger partial charge in [-0.3, -0.25) is 0 Å². The first-order valence-electron chi connectivity index (χ1n) is 2.54. The molecule has 0 aliphatic rings. The molecule has 2 nitrogen and oxygen atoms in total. The molecule has 0 aromatic carbocycles. The van der Waals surface area contributed by atoms with Crippen LogP contribution in [-0.4, -0.2) is 9.97 Å². The molecule has 0 amide bonds. The molecule has 1 heterocycles. The topological polar surface area (TPSA) is 25.8 Å². The second-order valence-corrected chi connectivity index (χ2v) is 1.52. The first-order chi connectivity index (χ1) is 4.43. The molecule has 1 rings (SSSR count). The first-order valence-corrected chi connectivity index (χ1v) is 2.54. The highest BCUT2D eigenvalue weighted by Crippen LogP contribution is 1.92. The molecule has 2 heteroatoms. The first kappa shape index (κ1) is 5.73. The van der Waals surface area contributed by atoms with E-state index in [-0.39, 0.29) is 0 Å². The van der Waals surface area contributed by atoms with Crippen LogP contribution in [0.4, 0.5) is 0 Å². The van der Waals surface area contributed by atoms with Crippen LogP contribution in [-0.2, 0) is 0 Å². The van der Waals surface area contributed by atoms with Gasteiger partial charge in [0.2, 0.25) is 0 Å². The van der Waals surface area contributed by atoms with Gasteiger partial charge in [-0.25, -0.2) is 9.97 Å². The second-order valence-electron chi connectivity index (χ2n) is 1.52. The molecule has 0 saturated carbocycles. The van der Waals surface area contributed by atoms with Crippen molar-refractivity contribution in [2.75, 3.05) is 0 Å². The summed E-state index contributed by atoms with van der Waals surface area (Å²) in [4.78, 5) is 7.59. The zero-order valence-electron chi connectivity index (χ0n) is 4.91. The Labute approximate surface area is 53.6 Å². The van der Waals surface area contributed by atoms with Crippen molar-refractivity contribution in [2.45, 2.75) is 0 Å². The summed E-state index contributed by atoms with van der Waals surface area (Å²) < 4.78 is 0. The third-order valence-electron chi connectivity index (χ3n) is 0.849. The Kier molecular flexibility index (Phi) is 1.78. The van der Waals surface area contributed by atoms with Crippen molar-refractivity contribution < 1.29 is 0 Å². The van der Waals surface area contributed by atoms with E-state index in [0.29, 0.717) is 0 Å². The lowest BCUT2D eigenvalue weighted by Gasteiger charge is -1.83. The quantitative estimate of drug-likeness (QED) is 0.519. The second kappa shape index (κ2) is 2.80. The molecule has 0 saturated heterocycles. The van der Waals surface area contributed by atoms with Crippen LogP contribution < -0.4 is 0 Å². The predicted molar refractivity (Wildman–Crippen MR) is 35.6 cm³/mol. The molecule has 1 aromatic heterocycles. The number of rotatable bonds is 1. The molecule has 0 bridgehead atoms. The summed E-state index contributed by atoms with van der Waals surface area (Å²) in [7, 11) is 0. The van der Waals surface area contributed by atoms with Gasteiger partial charge in [0.15, 0.2) is 0 Å². The molecule has 1 aromatic rings. The average Bonchev–Trinajstić information content (AvgIpc) is 1.91. The Morgan fingerprint density at radius 3 is 2.67 bits per heavy atom. The van der Waals surface area contributed by atoms with E-state index in [2.05, 4.69) is 22.3 Å². The maximum atomic E-state index is 3.79. The molecule has 0 aliphatic heterocycles. The van der Waals surface area contributed by atoms with Gasteiger partial charge in [-0.1, -0.05) is 6.58 Å². The maximum absolute atomic E-state index is 3.79. The fourth-order valence-electron chi connectivity index (χ4n) is 0.503. The summed E-state index contributed by atoms with van der Waals surface area (Å²) in [6, 6.07) is 0. The van der Waals surface area contributed by atoms with Gasteiger partial charge in [0.05, 0.1) is 0 Å². The predicted octanol–water partition coefficient (Wildman–Crippen LogP) is 1.27. The smallest absolute Gasteiger partial charge is 0.115 e. The van der Waals surface area contributed by atoms with Crippen LogP contribution in [0.1, 0.15) is 5.56 Å². The summed E-state index contributed by atoms with van der Waals surface area (Å²) in [6.07, 6.45) is 6.61. The largest absolute Gasteiger partial charge is 0.244 e. The molecule has 0 atom stereocenters. The Morgan fingerprint density at radius 1 is 1.44 bits per heavy atom. The van der Waals surface area contributed by atoms with Crippen LogP contribution >= 0.6 is 0 Å². The summed E-state index contributed by atoms with van der Waals surface area (Å²) in [5, 5.41) is 0. The van der Waals surface area contributed by atoms with Gasteiger partial charge in [0.1, 0.15) is 6.33 Å². The summed E-state index contributed by atoms with van der Waals surface area (Å²) in [5.74, 6) is 0. The minimum atomic E-state index is 0.924.